The number of carbonyl (C=O) groups excluding carboxylic acids is 2. The van der Waals surface area contributed by atoms with Crippen LogP contribution >= 0.6 is 46.1 Å². The summed E-state index contributed by atoms with van der Waals surface area (Å²) in [5.41, 5.74) is 1.29. The molecule has 168 valence electrons. The van der Waals surface area contributed by atoms with E-state index in [1.807, 2.05) is 13.0 Å². The van der Waals surface area contributed by atoms with Crippen molar-refractivity contribution in [1.29, 1.82) is 0 Å². The third-order valence-corrected chi connectivity index (χ3v) is 7.25. The van der Waals surface area contributed by atoms with Crippen molar-refractivity contribution in [3.63, 3.8) is 0 Å². The fourth-order valence-electron chi connectivity index (χ4n) is 3.19. The second-order valence-electron chi connectivity index (χ2n) is 7.02. The Morgan fingerprint density at radius 1 is 1.00 bits per heavy atom. The van der Waals surface area contributed by atoms with Gasteiger partial charge in [0.05, 0.1) is 27.2 Å². The zero-order valence-corrected chi connectivity index (χ0v) is 20.4. The molecule has 1 N–H and O–H groups in total. The summed E-state index contributed by atoms with van der Waals surface area (Å²) >= 11 is 19.7. The minimum Gasteiger partial charge on any atom is -0.345 e. The second kappa shape index (κ2) is 10.1. The van der Waals surface area contributed by atoms with E-state index in [1.165, 1.54) is 23.7 Å². The van der Waals surface area contributed by atoms with E-state index in [1.54, 1.807) is 41.0 Å². The molecule has 10 heteroatoms. The van der Waals surface area contributed by atoms with Crippen LogP contribution in [0.2, 0.25) is 15.1 Å². The van der Waals surface area contributed by atoms with E-state index >= 15 is 0 Å². The molecule has 0 unspecified atom stereocenters. The van der Waals surface area contributed by atoms with E-state index in [0.29, 0.717) is 42.6 Å². The Bertz CT molecular complexity index is 1350. The van der Waals surface area contributed by atoms with Gasteiger partial charge in [0.1, 0.15) is 11.3 Å². The Balaban J connectivity index is 1.62. The molecule has 0 saturated heterocycles. The molecule has 6 nitrogen and oxygen atoms in total. The van der Waals surface area contributed by atoms with Gasteiger partial charge in [0.25, 0.3) is 5.91 Å². The smallest absolute Gasteiger partial charge is 0.251 e. The topological polar surface area (TPSA) is 76.9 Å². The first-order chi connectivity index (χ1) is 15.9. The molecule has 0 fully saturated rings. The summed E-state index contributed by atoms with van der Waals surface area (Å²) in [6, 6.07) is 13.4. The third-order valence-electron chi connectivity index (χ3n) is 4.90. The van der Waals surface area contributed by atoms with Crippen molar-refractivity contribution >= 4 is 57.8 Å². The fraction of sp³-hybridized carbons (Fsp3) is 0.130. The van der Waals surface area contributed by atoms with Crippen LogP contribution in [-0.2, 0) is 13.0 Å². The number of ketones is 1. The van der Waals surface area contributed by atoms with Gasteiger partial charge in [-0.1, -0.05) is 53.9 Å². The summed E-state index contributed by atoms with van der Waals surface area (Å²) in [5, 5.41) is 12.6. The van der Waals surface area contributed by atoms with Gasteiger partial charge >= 0.3 is 0 Å². The molecular weight excluding hydrogens is 503 g/mol. The van der Waals surface area contributed by atoms with Gasteiger partial charge in [-0.05, 0) is 42.8 Å². The summed E-state index contributed by atoms with van der Waals surface area (Å²) < 4.78 is 1.71. The number of nitrogens with one attached hydrogen (secondary N) is 1. The lowest BCUT2D eigenvalue weighted by atomic mass is 10.0. The number of amides is 1. The highest BCUT2D eigenvalue weighted by atomic mass is 35.5. The molecule has 4 aromatic rings. The number of halogens is 3. The predicted octanol–water partition coefficient (Wildman–Crippen LogP) is 6.01. The number of nitrogens with zero attached hydrogens (tertiary/aromatic N) is 3. The fourth-order valence-corrected chi connectivity index (χ4v) is 4.79. The molecule has 0 saturated carbocycles. The molecule has 1 amide bonds. The van der Waals surface area contributed by atoms with Gasteiger partial charge in [-0.25, -0.2) is 0 Å². The van der Waals surface area contributed by atoms with Crippen LogP contribution in [0.1, 0.15) is 43.9 Å². The minimum atomic E-state index is -0.337. The first-order valence-corrected chi connectivity index (χ1v) is 11.9. The van der Waals surface area contributed by atoms with Crippen LogP contribution in [0.15, 0.2) is 54.9 Å². The van der Waals surface area contributed by atoms with E-state index in [-0.39, 0.29) is 18.2 Å². The molecule has 4 rings (SSSR count). The SMILES string of the molecule is CCc1cc(C(=O)c2ccccc2Cl)c(-n2cnnc2CNC(=O)c2ccc(Cl)c(Cl)c2)s1. The quantitative estimate of drug-likeness (QED) is 0.303. The van der Waals surface area contributed by atoms with Crippen molar-refractivity contribution in [2.45, 2.75) is 19.9 Å². The number of benzene rings is 2. The average molecular weight is 520 g/mol. The van der Waals surface area contributed by atoms with Crippen molar-refractivity contribution in [2.75, 3.05) is 0 Å². The van der Waals surface area contributed by atoms with E-state index < -0.39 is 0 Å². The van der Waals surface area contributed by atoms with Gasteiger partial charge in [-0.3, -0.25) is 14.2 Å². The standard InChI is InChI=1S/C23H17Cl3N4O2S/c1-2-14-10-16(21(31)15-5-3-4-6-17(15)24)23(33-14)30-12-28-29-20(30)11-27-22(32)13-7-8-18(25)19(26)9-13/h3-10,12H,2,11H2,1H3,(H,27,32). The summed E-state index contributed by atoms with van der Waals surface area (Å²) in [5.74, 6) is -0.0527. The van der Waals surface area contributed by atoms with Crippen LogP contribution in [0.4, 0.5) is 0 Å². The molecule has 0 aliphatic heterocycles. The van der Waals surface area contributed by atoms with Crippen LogP contribution in [-0.4, -0.2) is 26.5 Å². The van der Waals surface area contributed by atoms with Crippen molar-refractivity contribution in [2.24, 2.45) is 0 Å². The van der Waals surface area contributed by atoms with Crippen LogP contribution < -0.4 is 5.32 Å². The van der Waals surface area contributed by atoms with Gasteiger partial charge in [0.15, 0.2) is 11.6 Å². The zero-order valence-electron chi connectivity index (χ0n) is 17.3. The molecule has 0 spiro atoms. The van der Waals surface area contributed by atoms with Crippen molar-refractivity contribution in [3.8, 4) is 5.00 Å². The maximum atomic E-state index is 13.3. The highest BCUT2D eigenvalue weighted by Gasteiger charge is 2.22. The van der Waals surface area contributed by atoms with Crippen LogP contribution in [0.25, 0.3) is 5.00 Å². The first-order valence-electron chi connectivity index (χ1n) is 9.93. The van der Waals surface area contributed by atoms with Gasteiger partial charge in [-0.15, -0.1) is 21.5 Å². The molecule has 2 aromatic carbocycles. The minimum absolute atomic E-state index is 0.0954. The normalized spacial score (nSPS) is 10.9. The Kier molecular flexibility index (Phi) is 7.14. The molecule has 2 heterocycles. The average Bonchev–Trinajstić information content (AvgIpc) is 3.45. The lowest BCUT2D eigenvalue weighted by molar-refractivity contribution is 0.0948. The summed E-state index contributed by atoms with van der Waals surface area (Å²) in [7, 11) is 0. The second-order valence-corrected chi connectivity index (χ2v) is 9.36. The molecule has 33 heavy (non-hydrogen) atoms. The number of hydrogen-bond donors (Lipinski definition) is 1. The number of rotatable bonds is 7. The van der Waals surface area contributed by atoms with E-state index in [4.69, 9.17) is 34.8 Å². The summed E-state index contributed by atoms with van der Waals surface area (Å²) in [4.78, 5) is 26.9. The first kappa shape index (κ1) is 23.4. The number of hydrogen-bond acceptors (Lipinski definition) is 5. The summed E-state index contributed by atoms with van der Waals surface area (Å²) in [6.45, 7) is 2.11. The zero-order chi connectivity index (χ0) is 23.5. The third kappa shape index (κ3) is 4.96. The number of aromatic nitrogens is 3. The van der Waals surface area contributed by atoms with E-state index in [0.717, 1.165) is 11.3 Å². The van der Waals surface area contributed by atoms with Gasteiger partial charge in [0.2, 0.25) is 0 Å². The Hall–Kier alpha value is -2.71. The van der Waals surface area contributed by atoms with Crippen molar-refractivity contribution in [3.05, 3.63) is 97.3 Å². The molecule has 0 bridgehead atoms. The molecule has 0 atom stereocenters. The Labute approximate surface area is 209 Å². The van der Waals surface area contributed by atoms with Crippen molar-refractivity contribution < 1.29 is 9.59 Å². The number of aryl methyl sites for hydroxylation is 1. The highest BCUT2D eigenvalue weighted by Crippen LogP contribution is 2.31. The molecule has 0 aliphatic carbocycles. The summed E-state index contributed by atoms with van der Waals surface area (Å²) in [6.07, 6.45) is 2.29. The highest BCUT2D eigenvalue weighted by molar-refractivity contribution is 7.15. The van der Waals surface area contributed by atoms with E-state index in [9.17, 15) is 9.59 Å². The molecule has 0 radical (unpaired) electrons. The predicted molar refractivity (Wildman–Crippen MR) is 131 cm³/mol. The molecule has 2 aromatic heterocycles. The van der Waals surface area contributed by atoms with E-state index in [2.05, 4.69) is 15.5 Å². The van der Waals surface area contributed by atoms with Crippen LogP contribution in [0.3, 0.4) is 0 Å². The number of thiophene rings is 1. The van der Waals surface area contributed by atoms with Crippen LogP contribution in [0, 0.1) is 0 Å². The van der Waals surface area contributed by atoms with Crippen LogP contribution in [0.5, 0.6) is 0 Å². The van der Waals surface area contributed by atoms with Gasteiger partial charge in [-0.2, -0.15) is 0 Å². The monoisotopic (exact) mass is 518 g/mol. The molecule has 0 aliphatic rings. The number of carbonyl (C=O) groups is 2. The maximum Gasteiger partial charge on any atom is 0.251 e. The molecular formula is C23H17Cl3N4O2S. The van der Waals surface area contributed by atoms with Crippen molar-refractivity contribution in [1.82, 2.24) is 20.1 Å². The largest absolute Gasteiger partial charge is 0.345 e. The van der Waals surface area contributed by atoms with Gasteiger partial charge in [0, 0.05) is 16.0 Å². The Morgan fingerprint density at radius 3 is 2.52 bits per heavy atom. The Morgan fingerprint density at radius 2 is 1.79 bits per heavy atom. The lowest BCUT2D eigenvalue weighted by Gasteiger charge is -2.09. The maximum absolute atomic E-state index is 13.3. The lowest BCUT2D eigenvalue weighted by Crippen LogP contribution is -2.24. The van der Waals surface area contributed by atoms with Gasteiger partial charge < -0.3 is 5.32 Å².